The topological polar surface area (TPSA) is 113 Å². The molecule has 0 spiro atoms. The van der Waals surface area contributed by atoms with Gasteiger partial charge in [-0.1, -0.05) is 24.3 Å². The van der Waals surface area contributed by atoms with Crippen LogP contribution in [0.1, 0.15) is 18.1 Å². The minimum absolute atomic E-state index is 0.0107. The van der Waals surface area contributed by atoms with Crippen molar-refractivity contribution in [1.82, 2.24) is 0 Å². The molecule has 3 N–H and O–H groups in total. The van der Waals surface area contributed by atoms with Gasteiger partial charge in [0.1, 0.15) is 17.4 Å². The van der Waals surface area contributed by atoms with Crippen molar-refractivity contribution in [3.05, 3.63) is 46.5 Å². The van der Waals surface area contributed by atoms with Gasteiger partial charge in [-0.15, -0.1) is 0 Å². The predicted octanol–water partition coefficient (Wildman–Crippen LogP) is 1.29. The minimum atomic E-state index is -0.921. The fraction of sp³-hybridized carbons (Fsp3) is 0.133. The van der Waals surface area contributed by atoms with Gasteiger partial charge in [-0.25, -0.2) is 4.79 Å². The Bertz CT molecular complexity index is 738. The number of primary amides is 1. The van der Waals surface area contributed by atoms with E-state index >= 15 is 0 Å². The number of nitrogens with two attached hydrogens (primary N) is 1. The number of rotatable bonds is 3. The molecule has 106 valence electrons. The number of aliphatic hydroxyl groups excluding tert-OH is 1. The van der Waals surface area contributed by atoms with E-state index in [2.05, 4.69) is 0 Å². The van der Waals surface area contributed by atoms with Crippen molar-refractivity contribution in [1.29, 1.82) is 5.26 Å². The van der Waals surface area contributed by atoms with Crippen LogP contribution in [0.25, 0.3) is 11.3 Å². The highest BCUT2D eigenvalue weighted by atomic mass is 16.5. The molecule has 6 nitrogen and oxygen atoms in total. The van der Waals surface area contributed by atoms with Crippen molar-refractivity contribution in [2.24, 2.45) is 5.73 Å². The van der Waals surface area contributed by atoms with Crippen molar-refractivity contribution in [3.63, 3.8) is 0 Å². The lowest BCUT2D eigenvalue weighted by Gasteiger charge is -2.07. The van der Waals surface area contributed by atoms with Gasteiger partial charge in [0.15, 0.2) is 0 Å². The molecule has 0 radical (unpaired) electrons. The van der Waals surface area contributed by atoms with E-state index < -0.39 is 11.9 Å². The number of aliphatic hydroxyl groups is 1. The van der Waals surface area contributed by atoms with Crippen LogP contribution >= 0.6 is 0 Å². The van der Waals surface area contributed by atoms with Crippen LogP contribution in [0, 0.1) is 11.3 Å². The summed E-state index contributed by atoms with van der Waals surface area (Å²) < 4.78 is 4.81. The summed E-state index contributed by atoms with van der Waals surface area (Å²) in [6, 6.07) is 8.21. The monoisotopic (exact) mass is 284 g/mol. The number of benzene rings is 1. The third-order valence-electron chi connectivity index (χ3n) is 3.03. The van der Waals surface area contributed by atoms with Crippen molar-refractivity contribution in [2.75, 3.05) is 6.61 Å². The Morgan fingerprint density at radius 3 is 2.48 bits per heavy atom. The normalized spacial score (nSPS) is 15.2. The molecule has 1 aromatic rings. The number of carbonyl (C=O) groups excluding carboxylic acids is 2. The summed E-state index contributed by atoms with van der Waals surface area (Å²) in [5, 5.41) is 19.4. The predicted molar refractivity (Wildman–Crippen MR) is 74.4 cm³/mol. The summed E-state index contributed by atoms with van der Waals surface area (Å²) in [4.78, 5) is 23.5. The van der Waals surface area contributed by atoms with Gasteiger partial charge < -0.3 is 15.6 Å². The lowest BCUT2D eigenvalue weighted by Crippen LogP contribution is -2.17. The SMILES string of the molecule is CCOC(=O)/C(C#N)=C1\C(C(N)=O)=C(O)c2ccccc21. The van der Waals surface area contributed by atoms with Gasteiger partial charge in [-0.3, -0.25) is 4.79 Å². The van der Waals surface area contributed by atoms with Crippen LogP contribution in [0.15, 0.2) is 35.4 Å². The zero-order valence-corrected chi connectivity index (χ0v) is 11.2. The van der Waals surface area contributed by atoms with Crippen LogP contribution in [-0.4, -0.2) is 23.6 Å². The van der Waals surface area contributed by atoms with Crippen LogP contribution in [0.5, 0.6) is 0 Å². The maximum absolute atomic E-state index is 11.9. The van der Waals surface area contributed by atoms with Gasteiger partial charge in [0, 0.05) is 11.1 Å². The summed E-state index contributed by atoms with van der Waals surface area (Å²) in [5.41, 5.74) is 5.42. The number of nitrogens with zero attached hydrogens (tertiary/aromatic N) is 1. The highest BCUT2D eigenvalue weighted by Gasteiger charge is 2.34. The number of carbonyl (C=O) groups is 2. The number of hydrogen-bond acceptors (Lipinski definition) is 5. The molecule has 1 aliphatic rings. The fourth-order valence-corrected chi connectivity index (χ4v) is 2.20. The molecular formula is C15H12N2O4. The summed E-state index contributed by atoms with van der Waals surface area (Å²) in [7, 11) is 0. The number of amides is 1. The third-order valence-corrected chi connectivity index (χ3v) is 3.03. The van der Waals surface area contributed by atoms with Crippen molar-refractivity contribution in [2.45, 2.75) is 6.92 Å². The molecule has 0 atom stereocenters. The molecule has 1 aliphatic carbocycles. The van der Waals surface area contributed by atoms with Gasteiger partial charge in [0.2, 0.25) is 0 Å². The molecule has 0 saturated carbocycles. The molecule has 0 fully saturated rings. The standard InChI is InChI=1S/C15H12N2O4/c1-2-21-15(20)10(7-16)11-8-5-3-4-6-9(8)13(18)12(11)14(17)19/h3-6,18H,2H2,1H3,(H2,17,19)/b11-10-. The van der Waals surface area contributed by atoms with Crippen molar-refractivity contribution in [3.8, 4) is 6.07 Å². The van der Waals surface area contributed by atoms with E-state index in [9.17, 15) is 20.0 Å². The van der Waals surface area contributed by atoms with Gasteiger partial charge in [-0.2, -0.15) is 5.26 Å². The average molecular weight is 284 g/mol. The Labute approximate surface area is 120 Å². The first-order valence-electron chi connectivity index (χ1n) is 6.17. The van der Waals surface area contributed by atoms with E-state index in [1.165, 1.54) is 0 Å². The number of ether oxygens (including phenoxy) is 1. The Hall–Kier alpha value is -3.07. The van der Waals surface area contributed by atoms with Gasteiger partial charge >= 0.3 is 5.97 Å². The highest BCUT2D eigenvalue weighted by molar-refractivity contribution is 6.23. The largest absolute Gasteiger partial charge is 0.506 e. The average Bonchev–Trinajstić information content (AvgIpc) is 2.74. The zero-order chi connectivity index (χ0) is 15.6. The molecule has 0 aromatic heterocycles. The fourth-order valence-electron chi connectivity index (χ4n) is 2.20. The second kappa shape index (κ2) is 5.51. The highest BCUT2D eigenvalue weighted by Crippen LogP contribution is 2.41. The maximum atomic E-state index is 11.9. The second-order valence-electron chi connectivity index (χ2n) is 4.22. The number of nitriles is 1. The van der Waals surface area contributed by atoms with Crippen molar-refractivity contribution < 1.29 is 19.4 Å². The summed E-state index contributed by atoms with van der Waals surface area (Å²) >= 11 is 0. The van der Waals surface area contributed by atoms with Crippen LogP contribution < -0.4 is 5.73 Å². The van der Waals surface area contributed by atoms with Gasteiger partial charge in [0.05, 0.1) is 12.2 Å². The van der Waals surface area contributed by atoms with E-state index in [1.54, 1.807) is 37.3 Å². The van der Waals surface area contributed by atoms with Crippen LogP contribution in [-0.2, 0) is 14.3 Å². The maximum Gasteiger partial charge on any atom is 0.349 e. The molecule has 0 unspecified atom stereocenters. The first kappa shape index (κ1) is 14.3. The Balaban J connectivity index is 2.79. The number of fused-ring (bicyclic) bond motifs is 1. The lowest BCUT2D eigenvalue weighted by atomic mass is 9.97. The summed E-state index contributed by atoms with van der Waals surface area (Å²) in [6.07, 6.45) is 0. The third kappa shape index (κ3) is 2.25. The first-order chi connectivity index (χ1) is 10.0. The van der Waals surface area contributed by atoms with Gasteiger partial charge in [-0.05, 0) is 12.5 Å². The molecule has 1 amide bonds. The van der Waals surface area contributed by atoms with Crippen LogP contribution in [0.3, 0.4) is 0 Å². The van der Waals surface area contributed by atoms with E-state index in [1.807, 2.05) is 0 Å². The van der Waals surface area contributed by atoms with E-state index in [0.717, 1.165) is 0 Å². The lowest BCUT2D eigenvalue weighted by molar-refractivity contribution is -0.137. The van der Waals surface area contributed by atoms with Gasteiger partial charge in [0.25, 0.3) is 5.91 Å². The Kier molecular flexibility index (Phi) is 3.76. The molecule has 0 bridgehead atoms. The molecule has 21 heavy (non-hydrogen) atoms. The Morgan fingerprint density at radius 2 is 1.95 bits per heavy atom. The molecule has 0 heterocycles. The minimum Gasteiger partial charge on any atom is -0.506 e. The molecule has 1 aromatic carbocycles. The van der Waals surface area contributed by atoms with Crippen LogP contribution in [0.4, 0.5) is 0 Å². The quantitative estimate of drug-likeness (QED) is 0.493. The van der Waals surface area contributed by atoms with E-state index in [4.69, 9.17) is 10.5 Å². The van der Waals surface area contributed by atoms with Crippen LogP contribution in [0.2, 0.25) is 0 Å². The van der Waals surface area contributed by atoms with Crippen molar-refractivity contribution >= 4 is 23.2 Å². The summed E-state index contributed by atoms with van der Waals surface area (Å²) in [5.74, 6) is -2.13. The second-order valence-corrected chi connectivity index (χ2v) is 4.22. The van der Waals surface area contributed by atoms with E-state index in [0.29, 0.717) is 11.1 Å². The number of hydrogen-bond donors (Lipinski definition) is 2. The number of esters is 1. The zero-order valence-electron chi connectivity index (χ0n) is 11.2. The summed E-state index contributed by atoms with van der Waals surface area (Å²) in [6.45, 7) is 1.68. The van der Waals surface area contributed by atoms with E-state index in [-0.39, 0.29) is 29.1 Å². The molecule has 6 heteroatoms. The molecule has 0 aliphatic heterocycles. The first-order valence-corrected chi connectivity index (χ1v) is 6.17. The Morgan fingerprint density at radius 1 is 1.33 bits per heavy atom. The molecular weight excluding hydrogens is 272 g/mol. The molecule has 0 saturated heterocycles. The smallest absolute Gasteiger partial charge is 0.349 e. The molecule has 2 rings (SSSR count).